The van der Waals surface area contributed by atoms with Crippen molar-refractivity contribution in [3.63, 3.8) is 0 Å². The van der Waals surface area contributed by atoms with E-state index in [0.717, 1.165) is 19.0 Å². The van der Waals surface area contributed by atoms with Gasteiger partial charge in [0.2, 0.25) is 0 Å². The van der Waals surface area contributed by atoms with Crippen LogP contribution in [0.4, 0.5) is 0 Å². The van der Waals surface area contributed by atoms with Crippen molar-refractivity contribution >= 4 is 0 Å². The summed E-state index contributed by atoms with van der Waals surface area (Å²) in [5.74, 6) is 0.731. The minimum atomic E-state index is 0.159. The average Bonchev–Trinajstić information content (AvgIpc) is 2.52. The summed E-state index contributed by atoms with van der Waals surface area (Å²) < 4.78 is 2.12. The summed E-state index contributed by atoms with van der Waals surface area (Å²) >= 11 is 0. The molecule has 0 atom stereocenters. The maximum atomic E-state index is 4.47. The van der Waals surface area contributed by atoms with E-state index in [4.69, 9.17) is 0 Å². The Bertz CT molecular complexity index is 345. The third kappa shape index (κ3) is 4.90. The van der Waals surface area contributed by atoms with Crippen molar-refractivity contribution in [1.82, 2.24) is 15.1 Å². The topological polar surface area (TPSA) is 29.9 Å². The van der Waals surface area contributed by atoms with Gasteiger partial charge >= 0.3 is 0 Å². The predicted molar refractivity (Wildman–Crippen MR) is 73.0 cm³/mol. The van der Waals surface area contributed by atoms with Gasteiger partial charge < -0.3 is 5.32 Å². The first-order valence-corrected chi connectivity index (χ1v) is 6.56. The van der Waals surface area contributed by atoms with Crippen molar-refractivity contribution in [2.75, 3.05) is 0 Å². The average molecular weight is 237 g/mol. The molecular formula is C14H27N3. The lowest BCUT2D eigenvalue weighted by Crippen LogP contribution is -2.35. The van der Waals surface area contributed by atoms with Gasteiger partial charge in [-0.05, 0) is 40.0 Å². The molecule has 0 unspecified atom stereocenters. The quantitative estimate of drug-likeness (QED) is 0.852. The monoisotopic (exact) mass is 237 g/mol. The van der Waals surface area contributed by atoms with E-state index in [0.29, 0.717) is 0 Å². The molecule has 0 aliphatic rings. The largest absolute Gasteiger partial charge is 0.308 e. The lowest BCUT2D eigenvalue weighted by molar-refractivity contribution is 0.423. The van der Waals surface area contributed by atoms with E-state index >= 15 is 0 Å². The molecule has 0 saturated carbocycles. The van der Waals surface area contributed by atoms with Crippen LogP contribution < -0.4 is 5.32 Å². The first-order valence-electron chi connectivity index (χ1n) is 6.56. The zero-order valence-electron chi connectivity index (χ0n) is 12.2. The van der Waals surface area contributed by atoms with Gasteiger partial charge in [0.25, 0.3) is 0 Å². The molecule has 1 heterocycles. The molecule has 1 aromatic rings. The van der Waals surface area contributed by atoms with Crippen LogP contribution in [0.15, 0.2) is 6.20 Å². The van der Waals surface area contributed by atoms with Crippen LogP contribution in [0, 0.1) is 12.8 Å². The maximum absolute atomic E-state index is 4.47. The standard InChI is InChI=1S/C14H27N3/c1-11(2)7-8-17-12(3)13(10-16-17)9-15-14(4,5)6/h10-11,15H,7-9H2,1-6H3. The van der Waals surface area contributed by atoms with Crippen LogP contribution in [0.1, 0.15) is 52.3 Å². The summed E-state index contributed by atoms with van der Waals surface area (Å²) in [6, 6.07) is 0. The zero-order chi connectivity index (χ0) is 13.1. The van der Waals surface area contributed by atoms with Gasteiger partial charge in [-0.25, -0.2) is 0 Å². The molecule has 0 radical (unpaired) electrons. The van der Waals surface area contributed by atoms with E-state index in [1.54, 1.807) is 0 Å². The Morgan fingerprint density at radius 1 is 1.35 bits per heavy atom. The predicted octanol–water partition coefficient (Wildman–Crippen LogP) is 3.13. The highest BCUT2D eigenvalue weighted by molar-refractivity contribution is 5.16. The summed E-state index contributed by atoms with van der Waals surface area (Å²) in [6.45, 7) is 15.1. The highest BCUT2D eigenvalue weighted by Gasteiger charge is 2.11. The van der Waals surface area contributed by atoms with Crippen molar-refractivity contribution in [2.45, 2.75) is 66.6 Å². The summed E-state index contributed by atoms with van der Waals surface area (Å²) in [5.41, 5.74) is 2.76. The van der Waals surface area contributed by atoms with Gasteiger partial charge in [-0.15, -0.1) is 0 Å². The molecular weight excluding hydrogens is 210 g/mol. The van der Waals surface area contributed by atoms with Crippen LogP contribution in [0.25, 0.3) is 0 Å². The van der Waals surface area contributed by atoms with Crippen LogP contribution in [0.5, 0.6) is 0 Å². The Hall–Kier alpha value is -0.830. The van der Waals surface area contributed by atoms with Crippen LogP contribution in [0.2, 0.25) is 0 Å². The van der Waals surface area contributed by atoms with E-state index in [1.165, 1.54) is 17.7 Å². The third-order valence-electron chi connectivity index (χ3n) is 2.93. The molecule has 0 aliphatic carbocycles. The molecule has 17 heavy (non-hydrogen) atoms. The number of hydrogen-bond donors (Lipinski definition) is 1. The zero-order valence-corrected chi connectivity index (χ0v) is 12.2. The van der Waals surface area contributed by atoms with Gasteiger partial charge in [-0.1, -0.05) is 13.8 Å². The van der Waals surface area contributed by atoms with Crippen molar-refractivity contribution < 1.29 is 0 Å². The van der Waals surface area contributed by atoms with Crippen LogP contribution >= 0.6 is 0 Å². The van der Waals surface area contributed by atoms with E-state index in [2.05, 4.69) is 56.6 Å². The molecule has 0 spiro atoms. The minimum absolute atomic E-state index is 0.159. The Morgan fingerprint density at radius 2 is 2.00 bits per heavy atom. The number of nitrogens with zero attached hydrogens (tertiary/aromatic N) is 2. The molecule has 0 aliphatic heterocycles. The van der Waals surface area contributed by atoms with E-state index in [9.17, 15) is 0 Å². The third-order valence-corrected chi connectivity index (χ3v) is 2.93. The van der Waals surface area contributed by atoms with Crippen LogP contribution in [-0.2, 0) is 13.1 Å². The fraction of sp³-hybridized carbons (Fsp3) is 0.786. The summed E-state index contributed by atoms with van der Waals surface area (Å²) in [6.07, 6.45) is 3.18. The Morgan fingerprint density at radius 3 is 2.53 bits per heavy atom. The number of nitrogens with one attached hydrogen (secondary N) is 1. The second kappa shape index (κ2) is 5.67. The molecule has 0 bridgehead atoms. The molecule has 0 saturated heterocycles. The van der Waals surface area contributed by atoms with Gasteiger partial charge in [0.05, 0.1) is 6.20 Å². The van der Waals surface area contributed by atoms with Gasteiger partial charge in [0.1, 0.15) is 0 Å². The smallest absolute Gasteiger partial charge is 0.0537 e. The van der Waals surface area contributed by atoms with Crippen molar-refractivity contribution in [2.24, 2.45) is 5.92 Å². The molecule has 3 heteroatoms. The lowest BCUT2D eigenvalue weighted by atomic mass is 10.1. The lowest BCUT2D eigenvalue weighted by Gasteiger charge is -2.20. The van der Waals surface area contributed by atoms with Gasteiger partial charge in [0, 0.05) is 29.9 Å². The van der Waals surface area contributed by atoms with Gasteiger partial charge in [0.15, 0.2) is 0 Å². The number of aromatic nitrogens is 2. The van der Waals surface area contributed by atoms with Crippen molar-refractivity contribution in [1.29, 1.82) is 0 Å². The summed E-state index contributed by atoms with van der Waals surface area (Å²) in [7, 11) is 0. The first kappa shape index (κ1) is 14.2. The number of rotatable bonds is 5. The first-order chi connectivity index (χ1) is 7.79. The second-order valence-electron chi connectivity index (χ2n) is 6.26. The number of hydrogen-bond acceptors (Lipinski definition) is 2. The summed E-state index contributed by atoms with van der Waals surface area (Å²) in [5, 5.41) is 7.97. The normalized spacial score (nSPS) is 12.4. The second-order valence-corrected chi connectivity index (χ2v) is 6.26. The molecule has 0 fully saturated rings. The van der Waals surface area contributed by atoms with Crippen LogP contribution in [-0.4, -0.2) is 15.3 Å². The minimum Gasteiger partial charge on any atom is -0.308 e. The fourth-order valence-corrected chi connectivity index (χ4v) is 1.63. The molecule has 1 aromatic heterocycles. The Balaban J connectivity index is 2.58. The molecule has 98 valence electrons. The Kier molecular flexibility index (Phi) is 4.75. The highest BCUT2D eigenvalue weighted by atomic mass is 15.3. The summed E-state index contributed by atoms with van der Waals surface area (Å²) in [4.78, 5) is 0. The fourth-order valence-electron chi connectivity index (χ4n) is 1.63. The van der Waals surface area contributed by atoms with E-state index in [-0.39, 0.29) is 5.54 Å². The van der Waals surface area contributed by atoms with E-state index < -0.39 is 0 Å². The molecule has 0 aromatic carbocycles. The number of aryl methyl sites for hydroxylation is 1. The van der Waals surface area contributed by atoms with Gasteiger partial charge in [-0.2, -0.15) is 5.10 Å². The molecule has 0 amide bonds. The van der Waals surface area contributed by atoms with Crippen molar-refractivity contribution in [3.05, 3.63) is 17.5 Å². The van der Waals surface area contributed by atoms with Crippen LogP contribution in [0.3, 0.4) is 0 Å². The highest BCUT2D eigenvalue weighted by Crippen LogP contribution is 2.11. The van der Waals surface area contributed by atoms with Gasteiger partial charge in [-0.3, -0.25) is 4.68 Å². The van der Waals surface area contributed by atoms with Crippen molar-refractivity contribution in [3.8, 4) is 0 Å². The molecule has 1 rings (SSSR count). The van der Waals surface area contributed by atoms with E-state index in [1.807, 2.05) is 6.20 Å². The molecule has 1 N–H and O–H groups in total. The Labute approximate surface area is 106 Å². The SMILES string of the molecule is Cc1c(CNC(C)(C)C)cnn1CCC(C)C. The molecule has 3 nitrogen and oxygen atoms in total. The maximum Gasteiger partial charge on any atom is 0.0537 e.